The van der Waals surface area contributed by atoms with Crippen LogP contribution in [0.25, 0.3) is 0 Å². The van der Waals surface area contributed by atoms with Crippen LogP contribution < -0.4 is 5.73 Å². The predicted molar refractivity (Wildman–Crippen MR) is 77.7 cm³/mol. The third kappa shape index (κ3) is 2.95. The van der Waals surface area contributed by atoms with Crippen LogP contribution in [-0.4, -0.2) is 52.7 Å². The lowest BCUT2D eigenvalue weighted by Gasteiger charge is -2.43. The Hall–Kier alpha value is 0.160. The molecule has 3 nitrogen and oxygen atoms in total. The third-order valence-electron chi connectivity index (χ3n) is 4.13. The van der Waals surface area contributed by atoms with Gasteiger partial charge in [-0.3, -0.25) is 4.90 Å². The third-order valence-corrected chi connectivity index (χ3v) is 5.70. The van der Waals surface area contributed by atoms with Gasteiger partial charge in [-0.15, -0.1) is 0 Å². The Morgan fingerprint density at radius 1 is 1.65 bits per heavy atom. The fourth-order valence-corrected chi connectivity index (χ4v) is 4.27. The second-order valence-corrected chi connectivity index (χ2v) is 6.80. The highest BCUT2D eigenvalue weighted by Crippen LogP contribution is 2.39. The van der Waals surface area contributed by atoms with E-state index >= 15 is 0 Å². The van der Waals surface area contributed by atoms with Crippen LogP contribution in [0.5, 0.6) is 0 Å². The highest BCUT2D eigenvalue weighted by molar-refractivity contribution is 7.99. The van der Waals surface area contributed by atoms with Crippen LogP contribution in [0.15, 0.2) is 0 Å². The van der Waals surface area contributed by atoms with E-state index in [0.29, 0.717) is 11.0 Å². The van der Waals surface area contributed by atoms with Gasteiger partial charge < -0.3 is 10.5 Å². The maximum Gasteiger partial charge on any atom is 0.0899 e. The molecule has 2 saturated heterocycles. The number of nitrogens with zero attached hydrogens (tertiary/aromatic N) is 1. The summed E-state index contributed by atoms with van der Waals surface area (Å²) in [6.45, 7) is 2.97. The lowest BCUT2D eigenvalue weighted by atomic mass is 9.88. The maximum atomic E-state index is 6.04. The van der Waals surface area contributed by atoms with Crippen molar-refractivity contribution in [3.05, 3.63) is 0 Å². The molecule has 17 heavy (non-hydrogen) atoms. The number of ether oxygens (including phenoxy) is 1. The van der Waals surface area contributed by atoms with Gasteiger partial charge in [0.2, 0.25) is 0 Å². The van der Waals surface area contributed by atoms with Gasteiger partial charge in [0.1, 0.15) is 0 Å². The largest absolute Gasteiger partial charge is 0.392 e. The summed E-state index contributed by atoms with van der Waals surface area (Å²) in [6.07, 6.45) is 3.42. The zero-order valence-electron chi connectivity index (χ0n) is 10.6. The molecule has 1 spiro atoms. The Balaban J connectivity index is 1.99. The smallest absolute Gasteiger partial charge is 0.0899 e. The summed E-state index contributed by atoms with van der Waals surface area (Å²) in [5.74, 6) is 2.39. The second-order valence-electron chi connectivity index (χ2n) is 5.22. The molecule has 0 bridgehead atoms. The molecular weight excluding hydrogens is 252 g/mol. The maximum absolute atomic E-state index is 6.04. The Morgan fingerprint density at radius 3 is 3.00 bits per heavy atom. The first-order valence-corrected chi connectivity index (χ1v) is 7.83. The molecule has 0 aromatic carbocycles. The predicted octanol–water partition coefficient (Wildman–Crippen LogP) is 1.65. The molecule has 2 aliphatic heterocycles. The van der Waals surface area contributed by atoms with Gasteiger partial charge in [0, 0.05) is 18.4 Å². The summed E-state index contributed by atoms with van der Waals surface area (Å²) in [4.78, 5) is 2.92. The quantitative estimate of drug-likeness (QED) is 0.792. The van der Waals surface area contributed by atoms with Crippen molar-refractivity contribution in [1.29, 1.82) is 0 Å². The van der Waals surface area contributed by atoms with E-state index in [1.165, 1.54) is 12.2 Å². The molecule has 0 aromatic heterocycles. The van der Waals surface area contributed by atoms with Crippen LogP contribution in [0.2, 0.25) is 0 Å². The Kier molecular flexibility index (Phi) is 4.34. The van der Waals surface area contributed by atoms with Crippen molar-refractivity contribution >= 4 is 29.0 Å². The minimum Gasteiger partial charge on any atom is -0.392 e. The van der Waals surface area contributed by atoms with Crippen molar-refractivity contribution in [1.82, 2.24) is 4.90 Å². The van der Waals surface area contributed by atoms with Crippen LogP contribution in [-0.2, 0) is 4.74 Å². The van der Waals surface area contributed by atoms with Crippen molar-refractivity contribution in [2.24, 2.45) is 5.73 Å². The number of thiocarbonyl (C=S) groups is 1. The highest BCUT2D eigenvalue weighted by atomic mass is 32.2. The molecule has 0 radical (unpaired) electrons. The number of thioether (sulfide) groups is 1. The minimum atomic E-state index is 0.137. The lowest BCUT2D eigenvalue weighted by molar-refractivity contribution is -0.0878. The van der Waals surface area contributed by atoms with E-state index in [-0.39, 0.29) is 11.6 Å². The van der Waals surface area contributed by atoms with Gasteiger partial charge in [-0.1, -0.05) is 12.2 Å². The average molecular weight is 274 g/mol. The zero-order chi connectivity index (χ0) is 12.5. The van der Waals surface area contributed by atoms with E-state index < -0.39 is 0 Å². The average Bonchev–Trinajstić information content (AvgIpc) is 2.75. The second kappa shape index (κ2) is 5.43. The fourth-order valence-electron chi connectivity index (χ4n) is 2.73. The molecule has 98 valence electrons. The summed E-state index contributed by atoms with van der Waals surface area (Å²) in [5, 5.41) is 0. The zero-order valence-corrected chi connectivity index (χ0v) is 12.3. The van der Waals surface area contributed by atoms with E-state index in [9.17, 15) is 0 Å². The van der Waals surface area contributed by atoms with Crippen molar-refractivity contribution in [3.8, 4) is 0 Å². The van der Waals surface area contributed by atoms with Crippen molar-refractivity contribution in [2.45, 2.75) is 43.9 Å². The SMILES string of the molecule is CC(C(N)=S)N(C)C1CCOC2(CCSC2)C1. The highest BCUT2D eigenvalue weighted by Gasteiger charge is 2.42. The van der Waals surface area contributed by atoms with E-state index in [2.05, 4.69) is 18.9 Å². The minimum absolute atomic E-state index is 0.137. The first-order valence-electron chi connectivity index (χ1n) is 6.27. The van der Waals surface area contributed by atoms with Gasteiger partial charge >= 0.3 is 0 Å². The fraction of sp³-hybridized carbons (Fsp3) is 0.917. The molecule has 0 amide bonds. The van der Waals surface area contributed by atoms with E-state index in [0.717, 1.165) is 25.2 Å². The van der Waals surface area contributed by atoms with Crippen LogP contribution in [0.3, 0.4) is 0 Å². The first-order chi connectivity index (χ1) is 8.04. The number of likely N-dealkylation sites (N-methyl/N-ethyl adjacent to an activating group) is 1. The first kappa shape index (κ1) is 13.6. The molecule has 2 fully saturated rings. The van der Waals surface area contributed by atoms with Crippen LogP contribution in [0.1, 0.15) is 26.2 Å². The van der Waals surface area contributed by atoms with Crippen LogP contribution in [0, 0.1) is 0 Å². The van der Waals surface area contributed by atoms with E-state index in [4.69, 9.17) is 22.7 Å². The summed E-state index contributed by atoms with van der Waals surface area (Å²) < 4.78 is 6.04. The van der Waals surface area contributed by atoms with Gasteiger partial charge in [-0.05, 0) is 39.0 Å². The molecule has 0 saturated carbocycles. The molecule has 3 unspecified atom stereocenters. The van der Waals surface area contributed by atoms with Crippen molar-refractivity contribution in [3.63, 3.8) is 0 Å². The normalized spacial score (nSPS) is 35.4. The van der Waals surface area contributed by atoms with Gasteiger partial charge in [-0.25, -0.2) is 0 Å². The molecular formula is C12H22N2OS2. The lowest BCUT2D eigenvalue weighted by Crippen LogP contribution is -2.52. The molecule has 0 aromatic rings. The van der Waals surface area contributed by atoms with E-state index in [1.54, 1.807) is 0 Å². The number of hydrogen-bond acceptors (Lipinski definition) is 4. The Labute approximate surface area is 113 Å². The number of nitrogens with two attached hydrogens (primary N) is 1. The number of rotatable bonds is 3. The van der Waals surface area contributed by atoms with Gasteiger partial charge in [0.15, 0.2) is 0 Å². The molecule has 3 atom stereocenters. The van der Waals surface area contributed by atoms with Crippen LogP contribution in [0.4, 0.5) is 0 Å². The monoisotopic (exact) mass is 274 g/mol. The standard InChI is InChI=1S/C12H22N2OS2/c1-9(11(13)16)14(2)10-3-5-15-12(7-10)4-6-17-8-12/h9-10H,3-8H2,1-2H3,(H2,13,16). The van der Waals surface area contributed by atoms with E-state index in [1.807, 2.05) is 11.8 Å². The molecule has 2 aliphatic rings. The Morgan fingerprint density at radius 2 is 2.41 bits per heavy atom. The molecule has 2 heterocycles. The summed E-state index contributed by atoms with van der Waals surface area (Å²) in [7, 11) is 2.13. The van der Waals surface area contributed by atoms with Gasteiger partial charge in [0.05, 0.1) is 16.6 Å². The molecule has 0 aliphatic carbocycles. The Bertz CT molecular complexity index is 292. The topological polar surface area (TPSA) is 38.5 Å². The summed E-state index contributed by atoms with van der Waals surface area (Å²) in [5.41, 5.74) is 5.88. The van der Waals surface area contributed by atoms with Gasteiger partial charge in [-0.2, -0.15) is 11.8 Å². The summed E-state index contributed by atoms with van der Waals surface area (Å²) >= 11 is 7.10. The molecule has 2 N–H and O–H groups in total. The van der Waals surface area contributed by atoms with Gasteiger partial charge in [0.25, 0.3) is 0 Å². The number of hydrogen-bond donors (Lipinski definition) is 1. The van der Waals surface area contributed by atoms with Crippen molar-refractivity contribution in [2.75, 3.05) is 25.2 Å². The van der Waals surface area contributed by atoms with Crippen LogP contribution >= 0.6 is 24.0 Å². The molecule has 2 rings (SSSR count). The molecule has 5 heteroatoms. The van der Waals surface area contributed by atoms with Crippen molar-refractivity contribution < 1.29 is 4.74 Å². The summed E-state index contributed by atoms with van der Waals surface area (Å²) in [6, 6.07) is 0.734.